The number of hydrogen-bond donors (Lipinski definition) is 1. The monoisotopic (exact) mass is 214 g/mol. The largest absolute Gasteiger partial charge is 0.344 e. The van der Waals surface area contributed by atoms with Crippen LogP contribution >= 0.6 is 0 Å². The van der Waals surface area contributed by atoms with E-state index < -0.39 is 0 Å². The predicted octanol–water partition coefficient (Wildman–Crippen LogP) is 1.77. The van der Waals surface area contributed by atoms with Gasteiger partial charge in [-0.15, -0.1) is 0 Å². The number of carbonyl (C=O) groups is 2. The Balaban J connectivity index is 0.00000196. The minimum Gasteiger partial charge on any atom is -0.344 e. The Kier molecular flexibility index (Phi) is 5.50. The molecule has 1 fully saturated rings. The zero-order valence-corrected chi connectivity index (χ0v) is 9.95. The van der Waals surface area contributed by atoms with E-state index in [2.05, 4.69) is 13.8 Å². The lowest BCUT2D eigenvalue weighted by molar-refractivity contribution is -0.136. The average molecular weight is 214 g/mol. The highest BCUT2D eigenvalue weighted by atomic mass is 16.2. The summed E-state index contributed by atoms with van der Waals surface area (Å²) >= 11 is 0. The van der Waals surface area contributed by atoms with Crippen LogP contribution in [0.15, 0.2) is 0 Å². The Bertz CT molecular complexity index is 239. The molecule has 1 aliphatic heterocycles. The van der Waals surface area contributed by atoms with Crippen LogP contribution in [0.5, 0.6) is 0 Å². The van der Waals surface area contributed by atoms with Crippen LogP contribution in [0.1, 0.15) is 40.0 Å². The first-order valence-electron chi connectivity index (χ1n) is 5.32. The summed E-state index contributed by atoms with van der Waals surface area (Å²) in [4.78, 5) is 24.6. The van der Waals surface area contributed by atoms with Crippen molar-refractivity contribution in [3.05, 3.63) is 0 Å². The second kappa shape index (κ2) is 5.85. The third-order valence-electron chi connectivity index (χ3n) is 2.65. The number of Topliss-reactive ketones (excluding diaryl/α,β-unsaturated/α-hetero) is 1. The number of hydrogen-bond acceptors (Lipinski definition) is 3. The first kappa shape index (κ1) is 14.1. The highest BCUT2D eigenvalue weighted by molar-refractivity contribution is 5.88. The van der Waals surface area contributed by atoms with Gasteiger partial charge < -0.3 is 11.1 Å². The van der Waals surface area contributed by atoms with E-state index in [-0.39, 0.29) is 23.9 Å². The van der Waals surface area contributed by atoms with Gasteiger partial charge in [0.25, 0.3) is 0 Å². The molecule has 0 aromatic rings. The van der Waals surface area contributed by atoms with Gasteiger partial charge in [-0.25, -0.2) is 0 Å². The quantitative estimate of drug-likeness (QED) is 0.775. The van der Waals surface area contributed by atoms with Crippen LogP contribution in [-0.2, 0) is 9.59 Å². The lowest BCUT2D eigenvalue weighted by Gasteiger charge is -2.26. The van der Waals surface area contributed by atoms with Crippen LogP contribution < -0.4 is 6.15 Å². The van der Waals surface area contributed by atoms with E-state index in [9.17, 15) is 9.59 Å². The first-order chi connectivity index (χ1) is 6.52. The molecule has 1 amide bonds. The summed E-state index contributed by atoms with van der Waals surface area (Å²) in [6.45, 7) is 6.50. The van der Waals surface area contributed by atoms with Crippen LogP contribution in [0, 0.1) is 5.92 Å². The van der Waals surface area contributed by atoms with E-state index in [0.717, 1.165) is 19.4 Å². The van der Waals surface area contributed by atoms with Gasteiger partial charge in [-0.05, 0) is 25.7 Å². The number of ketones is 1. The highest BCUT2D eigenvalue weighted by Gasteiger charge is 2.30. The Morgan fingerprint density at radius 3 is 2.40 bits per heavy atom. The van der Waals surface area contributed by atoms with Crippen LogP contribution in [-0.4, -0.2) is 29.2 Å². The molecule has 88 valence electrons. The number of carbonyl (C=O) groups excluding carboxylic acids is 2. The summed E-state index contributed by atoms with van der Waals surface area (Å²) in [5.74, 6) is 0.720. The topological polar surface area (TPSA) is 72.4 Å². The van der Waals surface area contributed by atoms with Crippen molar-refractivity contribution in [3.8, 4) is 0 Å². The Morgan fingerprint density at radius 1 is 1.47 bits per heavy atom. The maximum Gasteiger partial charge on any atom is 0.223 e. The van der Waals surface area contributed by atoms with Gasteiger partial charge in [0.15, 0.2) is 5.78 Å². The number of likely N-dealkylation sites (tertiary alicyclic amines) is 1. The van der Waals surface area contributed by atoms with Crippen molar-refractivity contribution in [2.75, 3.05) is 6.54 Å². The Hall–Kier alpha value is -0.900. The lowest BCUT2D eigenvalue weighted by Crippen LogP contribution is -2.41. The summed E-state index contributed by atoms with van der Waals surface area (Å²) < 4.78 is 0. The number of amides is 1. The molecule has 0 aliphatic carbocycles. The van der Waals surface area contributed by atoms with Gasteiger partial charge in [-0.3, -0.25) is 9.59 Å². The fraction of sp³-hybridized carbons (Fsp3) is 0.818. The van der Waals surface area contributed by atoms with Gasteiger partial charge in [0.1, 0.15) is 0 Å². The summed E-state index contributed by atoms with van der Waals surface area (Å²) in [5.41, 5.74) is 0. The maximum absolute atomic E-state index is 11.5. The molecule has 0 bridgehead atoms. The minimum atomic E-state index is -0.176. The third-order valence-corrected chi connectivity index (χ3v) is 2.65. The molecule has 4 heteroatoms. The minimum absolute atomic E-state index is 0. The maximum atomic E-state index is 11.5. The van der Waals surface area contributed by atoms with E-state index in [1.165, 1.54) is 0 Å². The van der Waals surface area contributed by atoms with Gasteiger partial charge in [-0.2, -0.15) is 0 Å². The highest BCUT2D eigenvalue weighted by Crippen LogP contribution is 2.19. The first-order valence-corrected chi connectivity index (χ1v) is 5.32. The molecule has 0 radical (unpaired) electrons. The SMILES string of the molecule is CC(=O)[C@H](CC(C)C)N1CCCC1=O.N. The summed E-state index contributed by atoms with van der Waals surface area (Å²) in [6, 6.07) is -0.176. The molecule has 0 unspecified atom stereocenters. The summed E-state index contributed by atoms with van der Waals surface area (Å²) in [5, 5.41) is 0. The molecule has 1 saturated heterocycles. The summed E-state index contributed by atoms with van der Waals surface area (Å²) in [6.07, 6.45) is 2.31. The van der Waals surface area contributed by atoms with Crippen molar-refractivity contribution in [2.24, 2.45) is 5.92 Å². The van der Waals surface area contributed by atoms with E-state index in [0.29, 0.717) is 12.3 Å². The Labute approximate surface area is 91.6 Å². The molecule has 3 N–H and O–H groups in total. The van der Waals surface area contributed by atoms with Crippen molar-refractivity contribution < 1.29 is 9.59 Å². The molecule has 15 heavy (non-hydrogen) atoms. The second-order valence-electron chi connectivity index (χ2n) is 4.45. The molecule has 1 heterocycles. The van der Waals surface area contributed by atoms with Gasteiger partial charge in [-0.1, -0.05) is 13.8 Å². The van der Waals surface area contributed by atoms with Gasteiger partial charge in [0.2, 0.25) is 5.91 Å². The van der Waals surface area contributed by atoms with Gasteiger partial charge >= 0.3 is 0 Å². The normalized spacial score (nSPS) is 17.9. The van der Waals surface area contributed by atoms with Crippen LogP contribution in [0.25, 0.3) is 0 Å². The molecular formula is C11H22N2O2. The standard InChI is InChI=1S/C11H19NO2.H3N/c1-8(2)7-10(9(3)13)12-6-4-5-11(12)14;/h8,10H,4-7H2,1-3H3;1H3/t10-;/m0./s1. The van der Waals surface area contributed by atoms with Gasteiger partial charge in [0, 0.05) is 13.0 Å². The predicted molar refractivity (Wildman–Crippen MR) is 59.9 cm³/mol. The van der Waals surface area contributed by atoms with Crippen molar-refractivity contribution in [1.82, 2.24) is 11.1 Å². The molecular weight excluding hydrogens is 192 g/mol. The van der Waals surface area contributed by atoms with Crippen LogP contribution in [0.3, 0.4) is 0 Å². The molecule has 1 atom stereocenters. The van der Waals surface area contributed by atoms with Crippen molar-refractivity contribution >= 4 is 11.7 Å². The fourth-order valence-electron chi connectivity index (χ4n) is 1.96. The second-order valence-corrected chi connectivity index (χ2v) is 4.45. The molecule has 4 nitrogen and oxygen atoms in total. The molecule has 1 rings (SSSR count). The van der Waals surface area contributed by atoms with E-state index >= 15 is 0 Å². The zero-order chi connectivity index (χ0) is 10.7. The van der Waals surface area contributed by atoms with E-state index in [1.54, 1.807) is 11.8 Å². The van der Waals surface area contributed by atoms with Crippen molar-refractivity contribution in [1.29, 1.82) is 0 Å². The zero-order valence-electron chi connectivity index (χ0n) is 9.95. The number of nitrogens with zero attached hydrogens (tertiary/aromatic N) is 1. The van der Waals surface area contributed by atoms with Crippen molar-refractivity contribution in [2.45, 2.75) is 46.1 Å². The number of rotatable bonds is 4. The van der Waals surface area contributed by atoms with E-state index in [1.807, 2.05) is 0 Å². The third kappa shape index (κ3) is 3.63. The van der Waals surface area contributed by atoms with E-state index in [4.69, 9.17) is 0 Å². The smallest absolute Gasteiger partial charge is 0.223 e. The molecule has 0 spiro atoms. The van der Waals surface area contributed by atoms with Gasteiger partial charge in [0.05, 0.1) is 6.04 Å². The molecule has 0 aromatic carbocycles. The van der Waals surface area contributed by atoms with Crippen LogP contribution in [0.4, 0.5) is 0 Å². The van der Waals surface area contributed by atoms with Crippen LogP contribution in [0.2, 0.25) is 0 Å². The fourth-order valence-corrected chi connectivity index (χ4v) is 1.96. The lowest BCUT2D eigenvalue weighted by atomic mass is 10.00. The average Bonchev–Trinajstić information content (AvgIpc) is 2.46. The molecule has 0 aromatic heterocycles. The molecule has 1 aliphatic rings. The molecule has 0 saturated carbocycles. The Morgan fingerprint density at radius 2 is 2.07 bits per heavy atom. The summed E-state index contributed by atoms with van der Waals surface area (Å²) in [7, 11) is 0. The van der Waals surface area contributed by atoms with Crippen molar-refractivity contribution in [3.63, 3.8) is 0 Å².